The van der Waals surface area contributed by atoms with Gasteiger partial charge in [0.25, 0.3) is 0 Å². The zero-order valence-electron chi connectivity index (χ0n) is 11.1. The van der Waals surface area contributed by atoms with Gasteiger partial charge in [-0.25, -0.2) is 0 Å². The molecule has 0 spiro atoms. The Morgan fingerprint density at radius 3 is 2.67 bits per heavy atom. The number of carbonyl (C=O) groups excluding carboxylic acids is 1. The number of nitrogens with zero attached hydrogens (tertiary/aromatic N) is 1. The Labute approximate surface area is 109 Å². The zero-order chi connectivity index (χ0) is 12.8. The number of rotatable bonds is 7. The van der Waals surface area contributed by atoms with Crippen molar-refractivity contribution >= 4 is 5.91 Å². The molecule has 1 amide bonds. The summed E-state index contributed by atoms with van der Waals surface area (Å²) in [6.45, 7) is 4.15. The molecule has 1 fully saturated rings. The summed E-state index contributed by atoms with van der Waals surface area (Å²) in [4.78, 5) is 14.1. The fraction of sp³-hybridized carbons (Fsp3) is 0.533. The molecule has 1 aliphatic rings. The van der Waals surface area contributed by atoms with Crippen molar-refractivity contribution in [2.24, 2.45) is 0 Å². The molecular weight excluding hydrogens is 224 g/mol. The molecule has 1 aliphatic carbocycles. The Kier molecular flexibility index (Phi) is 4.76. The van der Waals surface area contributed by atoms with E-state index in [1.807, 2.05) is 23.1 Å². The van der Waals surface area contributed by atoms with Crippen LogP contribution in [0.25, 0.3) is 0 Å². The second-order valence-corrected chi connectivity index (χ2v) is 4.96. The van der Waals surface area contributed by atoms with E-state index in [1.165, 1.54) is 18.4 Å². The predicted octanol–water partition coefficient (Wildman–Crippen LogP) is 2.18. The van der Waals surface area contributed by atoms with Gasteiger partial charge in [0.05, 0.1) is 6.54 Å². The van der Waals surface area contributed by atoms with Crippen molar-refractivity contribution in [1.82, 2.24) is 10.2 Å². The fourth-order valence-electron chi connectivity index (χ4n) is 2.00. The summed E-state index contributed by atoms with van der Waals surface area (Å²) in [6.07, 6.45) is 3.45. The zero-order valence-corrected chi connectivity index (χ0v) is 11.1. The van der Waals surface area contributed by atoms with Gasteiger partial charge in [0.2, 0.25) is 5.91 Å². The third-order valence-corrected chi connectivity index (χ3v) is 3.18. The predicted molar refractivity (Wildman–Crippen MR) is 73.2 cm³/mol. The smallest absolute Gasteiger partial charge is 0.236 e. The van der Waals surface area contributed by atoms with Crippen LogP contribution in [0.3, 0.4) is 0 Å². The SMILES string of the molecule is CCCN(Cc1ccccc1)C(=O)CNC1CC1. The third-order valence-electron chi connectivity index (χ3n) is 3.18. The molecule has 1 saturated carbocycles. The summed E-state index contributed by atoms with van der Waals surface area (Å²) in [5.74, 6) is 0.215. The largest absolute Gasteiger partial charge is 0.337 e. The second kappa shape index (κ2) is 6.55. The molecule has 2 rings (SSSR count). The fourth-order valence-corrected chi connectivity index (χ4v) is 2.00. The molecule has 1 N–H and O–H groups in total. The lowest BCUT2D eigenvalue weighted by Gasteiger charge is -2.22. The lowest BCUT2D eigenvalue weighted by atomic mass is 10.2. The van der Waals surface area contributed by atoms with Crippen LogP contribution in [0, 0.1) is 0 Å². The number of benzene rings is 1. The van der Waals surface area contributed by atoms with Crippen LogP contribution in [0.5, 0.6) is 0 Å². The minimum Gasteiger partial charge on any atom is -0.337 e. The minimum atomic E-state index is 0.215. The number of nitrogens with one attached hydrogen (secondary N) is 1. The maximum Gasteiger partial charge on any atom is 0.236 e. The molecule has 3 heteroatoms. The maximum atomic E-state index is 12.1. The van der Waals surface area contributed by atoms with Crippen LogP contribution in [0.15, 0.2) is 30.3 Å². The van der Waals surface area contributed by atoms with E-state index in [0.29, 0.717) is 12.6 Å². The first-order chi connectivity index (χ1) is 8.79. The van der Waals surface area contributed by atoms with Crippen LogP contribution < -0.4 is 5.32 Å². The van der Waals surface area contributed by atoms with Crippen LogP contribution in [0.2, 0.25) is 0 Å². The molecular formula is C15H22N2O. The van der Waals surface area contributed by atoms with Gasteiger partial charge in [-0.3, -0.25) is 4.79 Å². The molecule has 0 aromatic heterocycles. The molecule has 0 saturated heterocycles. The monoisotopic (exact) mass is 246 g/mol. The van der Waals surface area contributed by atoms with Gasteiger partial charge < -0.3 is 10.2 Å². The van der Waals surface area contributed by atoms with E-state index in [9.17, 15) is 4.79 Å². The quantitative estimate of drug-likeness (QED) is 0.799. The third kappa shape index (κ3) is 4.15. The Balaban J connectivity index is 1.87. The van der Waals surface area contributed by atoms with Crippen molar-refractivity contribution in [3.05, 3.63) is 35.9 Å². The Morgan fingerprint density at radius 1 is 1.33 bits per heavy atom. The van der Waals surface area contributed by atoms with Gasteiger partial charge >= 0.3 is 0 Å². The molecule has 0 atom stereocenters. The number of carbonyl (C=O) groups is 1. The van der Waals surface area contributed by atoms with E-state index in [4.69, 9.17) is 0 Å². The van der Waals surface area contributed by atoms with Gasteiger partial charge in [-0.2, -0.15) is 0 Å². The topological polar surface area (TPSA) is 32.3 Å². The normalized spacial score (nSPS) is 14.5. The number of hydrogen-bond acceptors (Lipinski definition) is 2. The highest BCUT2D eigenvalue weighted by Crippen LogP contribution is 2.18. The average Bonchev–Trinajstić information content (AvgIpc) is 3.21. The summed E-state index contributed by atoms with van der Waals surface area (Å²) in [5, 5.41) is 3.29. The van der Waals surface area contributed by atoms with Crippen molar-refractivity contribution in [3.63, 3.8) is 0 Å². The van der Waals surface area contributed by atoms with Gasteiger partial charge in [-0.05, 0) is 24.8 Å². The average molecular weight is 246 g/mol. The molecule has 0 bridgehead atoms. The highest BCUT2D eigenvalue weighted by atomic mass is 16.2. The van der Waals surface area contributed by atoms with E-state index >= 15 is 0 Å². The van der Waals surface area contributed by atoms with Crippen LogP contribution >= 0.6 is 0 Å². The van der Waals surface area contributed by atoms with Gasteiger partial charge in [-0.15, -0.1) is 0 Å². The molecule has 0 unspecified atom stereocenters. The molecule has 0 aliphatic heterocycles. The van der Waals surface area contributed by atoms with Gasteiger partial charge in [0.1, 0.15) is 0 Å². The van der Waals surface area contributed by atoms with Crippen molar-refractivity contribution in [2.45, 2.75) is 38.8 Å². The lowest BCUT2D eigenvalue weighted by molar-refractivity contribution is -0.130. The van der Waals surface area contributed by atoms with E-state index in [-0.39, 0.29) is 5.91 Å². The Bertz CT molecular complexity index is 373. The van der Waals surface area contributed by atoms with Gasteiger partial charge in [0.15, 0.2) is 0 Å². The molecule has 0 heterocycles. The van der Waals surface area contributed by atoms with Gasteiger partial charge in [-0.1, -0.05) is 37.3 Å². The summed E-state index contributed by atoms with van der Waals surface area (Å²) >= 11 is 0. The summed E-state index contributed by atoms with van der Waals surface area (Å²) in [7, 11) is 0. The van der Waals surface area contributed by atoms with Crippen molar-refractivity contribution in [3.8, 4) is 0 Å². The first kappa shape index (κ1) is 13.1. The van der Waals surface area contributed by atoms with E-state index in [0.717, 1.165) is 19.5 Å². The molecule has 0 radical (unpaired) electrons. The molecule has 3 nitrogen and oxygen atoms in total. The lowest BCUT2D eigenvalue weighted by Crippen LogP contribution is -2.38. The highest BCUT2D eigenvalue weighted by molar-refractivity contribution is 5.78. The van der Waals surface area contributed by atoms with E-state index in [1.54, 1.807) is 0 Å². The first-order valence-electron chi connectivity index (χ1n) is 6.84. The second-order valence-electron chi connectivity index (χ2n) is 4.96. The first-order valence-corrected chi connectivity index (χ1v) is 6.84. The summed E-state index contributed by atoms with van der Waals surface area (Å²) in [5.41, 5.74) is 1.20. The Hall–Kier alpha value is -1.35. The van der Waals surface area contributed by atoms with Crippen LogP contribution in [0.4, 0.5) is 0 Å². The van der Waals surface area contributed by atoms with Crippen LogP contribution in [-0.4, -0.2) is 29.9 Å². The summed E-state index contributed by atoms with van der Waals surface area (Å²) in [6, 6.07) is 10.8. The maximum absolute atomic E-state index is 12.1. The van der Waals surface area contributed by atoms with Crippen LogP contribution in [-0.2, 0) is 11.3 Å². The van der Waals surface area contributed by atoms with Gasteiger partial charge in [0, 0.05) is 19.1 Å². The highest BCUT2D eigenvalue weighted by Gasteiger charge is 2.22. The van der Waals surface area contributed by atoms with Crippen molar-refractivity contribution in [2.75, 3.05) is 13.1 Å². The molecule has 18 heavy (non-hydrogen) atoms. The summed E-state index contributed by atoms with van der Waals surface area (Å²) < 4.78 is 0. The van der Waals surface area contributed by atoms with Crippen molar-refractivity contribution < 1.29 is 4.79 Å². The molecule has 1 aromatic carbocycles. The Morgan fingerprint density at radius 2 is 2.06 bits per heavy atom. The van der Waals surface area contributed by atoms with Crippen LogP contribution in [0.1, 0.15) is 31.7 Å². The number of amides is 1. The standard InChI is InChI=1S/C15H22N2O/c1-2-10-17(12-13-6-4-3-5-7-13)15(18)11-16-14-8-9-14/h3-7,14,16H,2,8-12H2,1H3. The number of hydrogen-bond donors (Lipinski definition) is 1. The van der Waals surface area contributed by atoms with Crippen molar-refractivity contribution in [1.29, 1.82) is 0 Å². The molecule has 1 aromatic rings. The van der Waals surface area contributed by atoms with E-state index in [2.05, 4.69) is 24.4 Å². The molecule has 98 valence electrons. The van der Waals surface area contributed by atoms with E-state index < -0.39 is 0 Å². The minimum absolute atomic E-state index is 0.215.